The smallest absolute Gasteiger partial charge is 0.247 e. The van der Waals surface area contributed by atoms with Crippen molar-refractivity contribution in [3.8, 4) is 0 Å². The second-order valence-corrected chi connectivity index (χ2v) is 8.62. The number of amides is 1. The Morgan fingerprint density at radius 1 is 1.30 bits per heavy atom. The largest absolute Gasteiger partial charge is 0.331 e. The van der Waals surface area contributed by atoms with Gasteiger partial charge in [-0.2, -0.15) is 5.10 Å². The van der Waals surface area contributed by atoms with Crippen molar-refractivity contribution in [1.82, 2.24) is 29.6 Å². The molecule has 1 aliphatic heterocycles. The van der Waals surface area contributed by atoms with Crippen LogP contribution in [0.2, 0.25) is 0 Å². The number of nitrogens with one attached hydrogen (secondary N) is 1. The van der Waals surface area contributed by atoms with Crippen molar-refractivity contribution < 1.29 is 4.79 Å². The Morgan fingerprint density at radius 3 is 2.90 bits per heavy atom. The molecule has 0 saturated carbocycles. The summed E-state index contributed by atoms with van der Waals surface area (Å²) in [5, 5.41) is 8.20. The molecule has 4 rings (SSSR count). The number of hydrogen-bond acceptors (Lipinski definition) is 7. The lowest BCUT2D eigenvalue weighted by Crippen LogP contribution is -2.38. The third kappa shape index (κ3) is 4.56. The number of rotatable bonds is 5. The topological polar surface area (TPSA) is 88.8 Å². The van der Waals surface area contributed by atoms with E-state index in [-0.39, 0.29) is 11.9 Å². The highest BCUT2D eigenvalue weighted by Gasteiger charge is 2.28. The van der Waals surface area contributed by atoms with Gasteiger partial charge in [0.2, 0.25) is 5.91 Å². The summed E-state index contributed by atoms with van der Waals surface area (Å²) in [5.74, 6) is 1.36. The van der Waals surface area contributed by atoms with Crippen molar-refractivity contribution in [3.05, 3.63) is 52.7 Å². The molecule has 0 spiro atoms. The van der Waals surface area contributed by atoms with Crippen LogP contribution >= 0.6 is 11.3 Å². The van der Waals surface area contributed by atoms with Crippen LogP contribution in [-0.4, -0.2) is 42.1 Å². The molecule has 156 valence electrons. The fourth-order valence-electron chi connectivity index (χ4n) is 3.65. The molecule has 1 aliphatic rings. The summed E-state index contributed by atoms with van der Waals surface area (Å²) in [5.41, 5.74) is 1.75. The summed E-state index contributed by atoms with van der Waals surface area (Å²) in [6.45, 7) is 4.61. The van der Waals surface area contributed by atoms with Gasteiger partial charge in [0, 0.05) is 43.0 Å². The lowest BCUT2D eigenvalue weighted by Gasteiger charge is -2.35. The van der Waals surface area contributed by atoms with Crippen LogP contribution in [0.5, 0.6) is 0 Å². The molecule has 1 saturated heterocycles. The molecule has 0 aliphatic carbocycles. The molecule has 1 N–H and O–H groups in total. The average molecular weight is 424 g/mol. The Hall–Kier alpha value is -3.07. The number of anilines is 2. The van der Waals surface area contributed by atoms with Gasteiger partial charge in [0.25, 0.3) is 0 Å². The van der Waals surface area contributed by atoms with E-state index in [1.165, 1.54) is 0 Å². The zero-order valence-corrected chi connectivity index (χ0v) is 18.2. The molecule has 1 fully saturated rings. The highest BCUT2D eigenvalue weighted by Crippen LogP contribution is 2.32. The van der Waals surface area contributed by atoms with Gasteiger partial charge < -0.3 is 10.2 Å². The monoisotopic (exact) mass is 423 g/mol. The molecule has 1 unspecified atom stereocenters. The van der Waals surface area contributed by atoms with Gasteiger partial charge in [-0.15, -0.1) is 11.3 Å². The van der Waals surface area contributed by atoms with Crippen LogP contribution in [0.1, 0.15) is 47.4 Å². The number of thiazole rings is 1. The number of carbonyl (C=O) groups is 1. The highest BCUT2D eigenvalue weighted by atomic mass is 32.1. The summed E-state index contributed by atoms with van der Waals surface area (Å²) in [6.07, 6.45) is 9.93. The normalized spacial score (nSPS) is 16.9. The number of piperidine rings is 1. The van der Waals surface area contributed by atoms with Gasteiger partial charge >= 0.3 is 0 Å². The van der Waals surface area contributed by atoms with Crippen molar-refractivity contribution in [2.45, 2.75) is 39.2 Å². The first-order valence-corrected chi connectivity index (χ1v) is 10.8. The number of likely N-dealkylation sites (tertiary alicyclic amines) is 1. The maximum Gasteiger partial charge on any atom is 0.247 e. The van der Waals surface area contributed by atoms with E-state index < -0.39 is 0 Å². The van der Waals surface area contributed by atoms with Gasteiger partial charge in [-0.1, -0.05) is 0 Å². The van der Waals surface area contributed by atoms with E-state index in [9.17, 15) is 4.79 Å². The highest BCUT2D eigenvalue weighted by molar-refractivity contribution is 7.15. The van der Waals surface area contributed by atoms with E-state index in [0.29, 0.717) is 11.6 Å². The van der Waals surface area contributed by atoms with E-state index in [1.54, 1.807) is 28.3 Å². The molecule has 4 heterocycles. The number of aryl methyl sites for hydroxylation is 3. The van der Waals surface area contributed by atoms with Crippen LogP contribution in [-0.2, 0) is 11.8 Å². The number of aromatic nitrogens is 5. The van der Waals surface area contributed by atoms with Crippen LogP contribution in [0.4, 0.5) is 10.9 Å². The van der Waals surface area contributed by atoms with Crippen LogP contribution < -0.4 is 5.32 Å². The third-order valence-corrected chi connectivity index (χ3v) is 5.93. The predicted octanol–water partition coefficient (Wildman–Crippen LogP) is 3.79. The number of carbonyl (C=O) groups excluding carboxylic acids is 1. The first-order chi connectivity index (χ1) is 14.5. The predicted molar refractivity (Wildman–Crippen MR) is 117 cm³/mol. The molecule has 3 aromatic heterocycles. The van der Waals surface area contributed by atoms with E-state index in [2.05, 4.69) is 25.4 Å². The lowest BCUT2D eigenvalue weighted by atomic mass is 9.98. The quantitative estimate of drug-likeness (QED) is 0.628. The van der Waals surface area contributed by atoms with Crippen molar-refractivity contribution in [2.75, 3.05) is 11.9 Å². The summed E-state index contributed by atoms with van der Waals surface area (Å²) in [7, 11) is 1.86. The maximum atomic E-state index is 13.0. The van der Waals surface area contributed by atoms with E-state index in [0.717, 1.165) is 47.2 Å². The van der Waals surface area contributed by atoms with Crippen LogP contribution in [0, 0.1) is 13.8 Å². The van der Waals surface area contributed by atoms with Crippen LogP contribution in [0.15, 0.2) is 30.6 Å². The Morgan fingerprint density at radius 2 is 2.17 bits per heavy atom. The van der Waals surface area contributed by atoms with Gasteiger partial charge in [0.05, 0.1) is 17.4 Å². The molecule has 8 nitrogen and oxygen atoms in total. The van der Waals surface area contributed by atoms with E-state index in [4.69, 9.17) is 0 Å². The summed E-state index contributed by atoms with van der Waals surface area (Å²) >= 11 is 1.58. The van der Waals surface area contributed by atoms with Gasteiger partial charge in [-0.3, -0.25) is 9.48 Å². The molecule has 0 aromatic carbocycles. The SMILES string of the molecule is Cc1nc(Nc2ncc(C)s2)cc(C2CCCCN2C(=O)/C=C/c2ccnn2C)n1. The van der Waals surface area contributed by atoms with Crippen LogP contribution in [0.3, 0.4) is 0 Å². The van der Waals surface area contributed by atoms with Crippen molar-refractivity contribution in [1.29, 1.82) is 0 Å². The molecule has 30 heavy (non-hydrogen) atoms. The van der Waals surface area contributed by atoms with Gasteiger partial charge in [-0.05, 0) is 45.3 Å². The minimum Gasteiger partial charge on any atom is -0.331 e. The third-order valence-electron chi connectivity index (χ3n) is 5.10. The average Bonchev–Trinajstić information content (AvgIpc) is 3.33. The standard InChI is InChI=1S/C21H25N7OS/c1-14-13-22-21(30-14)26-19-12-17(24-15(2)25-19)18-6-4-5-11-28(18)20(29)8-7-16-9-10-23-27(16)3/h7-10,12-13,18H,4-6,11H2,1-3H3,(H,22,24,25,26)/b8-7+. The summed E-state index contributed by atoms with van der Waals surface area (Å²) in [4.78, 5) is 29.5. The number of hydrogen-bond donors (Lipinski definition) is 1. The Bertz CT molecular complexity index is 1070. The second-order valence-electron chi connectivity index (χ2n) is 7.38. The molecule has 0 radical (unpaired) electrons. The maximum absolute atomic E-state index is 13.0. The lowest BCUT2D eigenvalue weighted by molar-refractivity contribution is -0.129. The van der Waals surface area contributed by atoms with Crippen molar-refractivity contribution >= 4 is 34.3 Å². The molecular formula is C21H25N7OS. The summed E-state index contributed by atoms with van der Waals surface area (Å²) in [6, 6.07) is 3.75. The van der Waals surface area contributed by atoms with Crippen LogP contribution in [0.25, 0.3) is 6.08 Å². The Balaban J connectivity index is 1.56. The molecule has 1 amide bonds. The minimum absolute atomic E-state index is 0.0118. The molecule has 3 aromatic rings. The van der Waals surface area contributed by atoms with Crippen molar-refractivity contribution in [2.24, 2.45) is 7.05 Å². The van der Waals surface area contributed by atoms with Gasteiger partial charge in [-0.25, -0.2) is 15.0 Å². The minimum atomic E-state index is -0.0669. The first kappa shape index (κ1) is 20.2. The number of nitrogens with zero attached hydrogens (tertiary/aromatic N) is 6. The Kier molecular flexibility index (Phi) is 5.89. The molecule has 9 heteroatoms. The van der Waals surface area contributed by atoms with E-state index >= 15 is 0 Å². The fourth-order valence-corrected chi connectivity index (χ4v) is 4.32. The second kappa shape index (κ2) is 8.74. The Labute approximate surface area is 179 Å². The van der Waals surface area contributed by atoms with Crippen molar-refractivity contribution in [3.63, 3.8) is 0 Å². The van der Waals surface area contributed by atoms with Gasteiger partial charge in [0.15, 0.2) is 5.13 Å². The fraction of sp³-hybridized carbons (Fsp3) is 0.381. The zero-order valence-electron chi connectivity index (χ0n) is 17.4. The first-order valence-electron chi connectivity index (χ1n) is 10.0. The summed E-state index contributed by atoms with van der Waals surface area (Å²) < 4.78 is 1.74. The molecular weight excluding hydrogens is 398 g/mol. The van der Waals surface area contributed by atoms with E-state index in [1.807, 2.05) is 50.2 Å². The van der Waals surface area contributed by atoms with Gasteiger partial charge in [0.1, 0.15) is 11.6 Å². The zero-order chi connectivity index (χ0) is 21.1. The molecule has 0 bridgehead atoms. The molecule has 1 atom stereocenters.